The SMILES string of the molecule is CC(OC(C)(C)S(=O)(=O)c1ccc(NN)cc1)N(C)C. The van der Waals surface area contributed by atoms with Crippen LogP contribution in [0.2, 0.25) is 0 Å². The van der Waals surface area contributed by atoms with Gasteiger partial charge in [0.1, 0.15) is 6.23 Å². The molecule has 1 rings (SSSR count). The first-order chi connectivity index (χ1) is 9.11. The van der Waals surface area contributed by atoms with E-state index in [4.69, 9.17) is 10.6 Å². The Bertz CT molecular complexity index is 538. The zero-order valence-corrected chi connectivity index (χ0v) is 13.4. The molecule has 0 spiro atoms. The summed E-state index contributed by atoms with van der Waals surface area (Å²) in [6, 6.07) is 6.24. The zero-order chi connectivity index (χ0) is 15.6. The van der Waals surface area contributed by atoms with Crippen LogP contribution in [0.4, 0.5) is 5.69 Å². The molecule has 20 heavy (non-hydrogen) atoms. The number of ether oxygens (including phenoxy) is 1. The number of sulfone groups is 1. The lowest BCUT2D eigenvalue weighted by atomic mass is 10.3. The molecule has 0 amide bonds. The van der Waals surface area contributed by atoms with Crippen molar-refractivity contribution >= 4 is 15.5 Å². The molecule has 114 valence electrons. The first-order valence-electron chi connectivity index (χ1n) is 6.27. The van der Waals surface area contributed by atoms with E-state index in [1.165, 1.54) is 12.1 Å². The summed E-state index contributed by atoms with van der Waals surface area (Å²) in [6.45, 7) is 4.91. The van der Waals surface area contributed by atoms with Crippen LogP contribution in [-0.4, -0.2) is 38.6 Å². The van der Waals surface area contributed by atoms with Gasteiger partial charge in [-0.15, -0.1) is 0 Å². The fraction of sp³-hybridized carbons (Fsp3) is 0.538. The third-order valence-corrected chi connectivity index (χ3v) is 5.44. The first kappa shape index (κ1) is 16.9. The van der Waals surface area contributed by atoms with Gasteiger partial charge in [-0.25, -0.2) is 8.42 Å². The molecule has 0 saturated carbocycles. The highest BCUT2D eigenvalue weighted by Gasteiger charge is 2.38. The molecule has 1 atom stereocenters. The van der Waals surface area contributed by atoms with Crippen molar-refractivity contribution in [2.75, 3.05) is 19.5 Å². The smallest absolute Gasteiger partial charge is 0.207 e. The van der Waals surface area contributed by atoms with Gasteiger partial charge in [0.2, 0.25) is 9.84 Å². The normalized spacial score (nSPS) is 14.3. The second-order valence-electron chi connectivity index (χ2n) is 5.25. The second-order valence-corrected chi connectivity index (χ2v) is 7.71. The molecule has 0 aliphatic heterocycles. The fourth-order valence-corrected chi connectivity index (χ4v) is 2.92. The van der Waals surface area contributed by atoms with E-state index in [1.54, 1.807) is 37.8 Å². The summed E-state index contributed by atoms with van der Waals surface area (Å²) < 4.78 is 30.9. The van der Waals surface area contributed by atoms with Crippen molar-refractivity contribution in [1.82, 2.24) is 4.90 Å². The fourth-order valence-electron chi connectivity index (χ4n) is 1.59. The van der Waals surface area contributed by atoms with Gasteiger partial charge >= 0.3 is 0 Å². The van der Waals surface area contributed by atoms with Crippen molar-refractivity contribution in [3.63, 3.8) is 0 Å². The molecule has 6 nitrogen and oxygen atoms in total. The number of nitrogens with zero attached hydrogens (tertiary/aromatic N) is 1. The molecule has 0 fully saturated rings. The Balaban J connectivity index is 3.07. The molecule has 0 aliphatic carbocycles. The Morgan fingerprint density at radius 3 is 2.15 bits per heavy atom. The number of anilines is 1. The molecule has 1 aromatic rings. The number of nitrogens with one attached hydrogen (secondary N) is 1. The van der Waals surface area contributed by atoms with Crippen molar-refractivity contribution < 1.29 is 13.2 Å². The Morgan fingerprint density at radius 2 is 1.75 bits per heavy atom. The highest BCUT2D eigenvalue weighted by molar-refractivity contribution is 7.92. The van der Waals surface area contributed by atoms with E-state index in [0.717, 1.165) is 0 Å². The van der Waals surface area contributed by atoms with Crippen molar-refractivity contribution in [3.8, 4) is 0 Å². The molecule has 0 bridgehead atoms. The topological polar surface area (TPSA) is 84.7 Å². The van der Waals surface area contributed by atoms with Gasteiger partial charge in [0.15, 0.2) is 4.93 Å². The average molecular weight is 301 g/mol. The van der Waals surface area contributed by atoms with Crippen molar-refractivity contribution in [2.24, 2.45) is 5.84 Å². The van der Waals surface area contributed by atoms with Gasteiger partial charge in [-0.2, -0.15) is 0 Å². The maximum Gasteiger partial charge on any atom is 0.207 e. The number of hydrogen-bond donors (Lipinski definition) is 2. The van der Waals surface area contributed by atoms with Crippen LogP contribution in [0, 0.1) is 0 Å². The molecule has 7 heteroatoms. The number of nitrogen functional groups attached to an aromatic ring is 1. The number of nitrogens with two attached hydrogens (primary N) is 1. The van der Waals surface area contributed by atoms with Crippen LogP contribution < -0.4 is 11.3 Å². The summed E-state index contributed by atoms with van der Waals surface area (Å²) in [7, 11) is 0.0473. The number of hydrazine groups is 1. The number of rotatable bonds is 6. The van der Waals surface area contributed by atoms with Crippen LogP contribution in [0.25, 0.3) is 0 Å². The molecule has 0 radical (unpaired) electrons. The molecule has 0 saturated heterocycles. The van der Waals surface area contributed by atoms with Crippen molar-refractivity contribution in [3.05, 3.63) is 24.3 Å². The molecule has 0 aromatic heterocycles. The Morgan fingerprint density at radius 1 is 1.25 bits per heavy atom. The summed E-state index contributed by atoms with van der Waals surface area (Å²) in [6.07, 6.45) is -0.315. The lowest BCUT2D eigenvalue weighted by Crippen LogP contribution is -2.42. The van der Waals surface area contributed by atoms with Gasteiger partial charge in [-0.3, -0.25) is 10.7 Å². The van der Waals surface area contributed by atoms with Gasteiger partial charge in [-0.05, 0) is 59.1 Å². The predicted octanol–water partition coefficient (Wildman–Crippen LogP) is 1.41. The summed E-state index contributed by atoms with van der Waals surface area (Å²) >= 11 is 0. The third-order valence-electron chi connectivity index (χ3n) is 3.16. The lowest BCUT2D eigenvalue weighted by molar-refractivity contribution is -0.0772. The minimum absolute atomic E-state index is 0.201. The van der Waals surface area contributed by atoms with Crippen LogP contribution in [-0.2, 0) is 14.6 Å². The number of benzene rings is 1. The summed E-state index contributed by atoms with van der Waals surface area (Å²) in [5.74, 6) is 5.26. The minimum atomic E-state index is -3.61. The summed E-state index contributed by atoms with van der Waals surface area (Å²) in [5, 5.41) is 0. The van der Waals surface area contributed by atoms with E-state index in [0.29, 0.717) is 5.69 Å². The van der Waals surface area contributed by atoms with E-state index in [2.05, 4.69) is 5.43 Å². The highest BCUT2D eigenvalue weighted by atomic mass is 32.2. The van der Waals surface area contributed by atoms with Gasteiger partial charge in [-0.1, -0.05) is 0 Å². The van der Waals surface area contributed by atoms with Crippen molar-refractivity contribution in [2.45, 2.75) is 36.8 Å². The Kier molecular flexibility index (Phi) is 5.15. The van der Waals surface area contributed by atoms with Gasteiger partial charge < -0.3 is 10.2 Å². The Labute approximate surface area is 120 Å². The van der Waals surface area contributed by atoms with Crippen LogP contribution in [0.3, 0.4) is 0 Å². The standard InChI is InChI=1S/C13H23N3O3S/c1-10(16(4)5)19-13(2,3)20(17,18)12-8-6-11(15-14)7-9-12/h6-10,15H,14H2,1-5H3. The van der Waals surface area contributed by atoms with E-state index in [1.807, 2.05) is 14.1 Å². The maximum absolute atomic E-state index is 12.6. The van der Waals surface area contributed by atoms with Crippen LogP contribution in [0.1, 0.15) is 20.8 Å². The molecule has 0 aliphatic rings. The summed E-state index contributed by atoms with van der Waals surface area (Å²) in [5.41, 5.74) is 3.10. The van der Waals surface area contributed by atoms with Gasteiger partial charge in [0.05, 0.1) is 4.90 Å². The van der Waals surface area contributed by atoms with Gasteiger partial charge in [0.25, 0.3) is 0 Å². The predicted molar refractivity (Wildman–Crippen MR) is 79.8 cm³/mol. The van der Waals surface area contributed by atoms with E-state index in [9.17, 15) is 8.42 Å². The van der Waals surface area contributed by atoms with Crippen molar-refractivity contribution in [1.29, 1.82) is 0 Å². The molecular weight excluding hydrogens is 278 g/mol. The van der Waals surface area contributed by atoms with Gasteiger partial charge in [0, 0.05) is 5.69 Å². The maximum atomic E-state index is 12.6. The average Bonchev–Trinajstić information content (AvgIpc) is 2.37. The molecule has 3 N–H and O–H groups in total. The number of hydrogen-bond acceptors (Lipinski definition) is 6. The molecule has 1 unspecified atom stereocenters. The Hall–Kier alpha value is -1.15. The quantitative estimate of drug-likeness (QED) is 0.469. The lowest BCUT2D eigenvalue weighted by Gasteiger charge is -2.31. The second kappa shape index (κ2) is 6.09. The van der Waals surface area contributed by atoms with E-state index < -0.39 is 14.8 Å². The first-order valence-corrected chi connectivity index (χ1v) is 7.75. The molecular formula is C13H23N3O3S. The van der Waals surface area contributed by atoms with E-state index >= 15 is 0 Å². The monoisotopic (exact) mass is 301 g/mol. The van der Waals surface area contributed by atoms with Crippen LogP contribution >= 0.6 is 0 Å². The zero-order valence-electron chi connectivity index (χ0n) is 12.5. The van der Waals surface area contributed by atoms with Crippen LogP contribution in [0.5, 0.6) is 0 Å². The highest BCUT2D eigenvalue weighted by Crippen LogP contribution is 2.28. The minimum Gasteiger partial charge on any atom is -0.341 e. The van der Waals surface area contributed by atoms with E-state index in [-0.39, 0.29) is 11.1 Å². The molecule has 0 heterocycles. The third kappa shape index (κ3) is 3.49. The largest absolute Gasteiger partial charge is 0.341 e. The summed E-state index contributed by atoms with van der Waals surface area (Å²) in [4.78, 5) is 0.681. The van der Waals surface area contributed by atoms with Crippen LogP contribution in [0.15, 0.2) is 29.2 Å². The molecule has 1 aromatic carbocycles.